The molecule has 2 aliphatic heterocycles. The minimum absolute atomic E-state index is 0.0767. The Balaban J connectivity index is 1.17. The Morgan fingerprint density at radius 2 is 1.90 bits per heavy atom. The molecule has 6 rings (SSSR count). The Bertz CT molecular complexity index is 1960. The van der Waals surface area contributed by atoms with Crippen LogP contribution in [0.15, 0.2) is 42.6 Å². The molecule has 1 unspecified atom stereocenters. The van der Waals surface area contributed by atoms with Gasteiger partial charge in [0.2, 0.25) is 17.7 Å². The largest absolute Gasteiger partial charge is 0.481 e. The van der Waals surface area contributed by atoms with E-state index in [-0.39, 0.29) is 28.7 Å². The molecule has 51 heavy (non-hydrogen) atoms. The number of methoxy groups -OCH3 is 1. The average Bonchev–Trinajstić information content (AvgIpc) is 3.69. The molecule has 0 bridgehead atoms. The van der Waals surface area contributed by atoms with E-state index >= 15 is 0 Å². The summed E-state index contributed by atoms with van der Waals surface area (Å²) in [6.45, 7) is 3.15. The third-order valence-corrected chi connectivity index (χ3v) is 10.1. The zero-order valence-corrected chi connectivity index (χ0v) is 30.6. The van der Waals surface area contributed by atoms with Crippen LogP contribution in [0.4, 0.5) is 5.69 Å². The Morgan fingerprint density at radius 1 is 1.08 bits per heavy atom. The van der Waals surface area contributed by atoms with Gasteiger partial charge >= 0.3 is 0 Å². The smallest absolute Gasteiger partial charge is 0.291 e. The normalized spacial score (nSPS) is 15.7. The molecule has 13 nitrogen and oxygen atoms in total. The van der Waals surface area contributed by atoms with Crippen molar-refractivity contribution in [3.8, 4) is 28.4 Å². The van der Waals surface area contributed by atoms with Crippen LogP contribution in [0.1, 0.15) is 46.8 Å². The van der Waals surface area contributed by atoms with Gasteiger partial charge in [0.25, 0.3) is 5.91 Å². The molecule has 3 N–H and O–H groups in total. The monoisotopic (exact) mass is 733 g/mol. The fourth-order valence-corrected chi connectivity index (χ4v) is 6.99. The third kappa shape index (κ3) is 8.01. The molecule has 2 aliphatic rings. The minimum Gasteiger partial charge on any atom is -0.481 e. The lowest BCUT2D eigenvalue weighted by atomic mass is 10.1. The van der Waals surface area contributed by atoms with Crippen LogP contribution in [0.5, 0.6) is 5.88 Å². The molecule has 268 valence electrons. The van der Waals surface area contributed by atoms with Gasteiger partial charge in [-0.05, 0) is 24.6 Å². The summed E-state index contributed by atoms with van der Waals surface area (Å²) in [5.41, 5.74) is 5.28. The number of benzene rings is 1. The van der Waals surface area contributed by atoms with Crippen LogP contribution in [0, 0.1) is 0 Å². The van der Waals surface area contributed by atoms with E-state index < -0.39 is 5.91 Å². The molecule has 1 aromatic carbocycles. The summed E-state index contributed by atoms with van der Waals surface area (Å²) >= 11 is 13.9. The molecule has 0 aliphatic carbocycles. The van der Waals surface area contributed by atoms with Gasteiger partial charge in [-0.2, -0.15) is 0 Å². The summed E-state index contributed by atoms with van der Waals surface area (Å²) in [7, 11) is 6.91. The van der Waals surface area contributed by atoms with E-state index in [0.717, 1.165) is 36.3 Å². The predicted octanol–water partition coefficient (Wildman–Crippen LogP) is 4.32. The number of aromatic nitrogens is 4. The maximum Gasteiger partial charge on any atom is 0.291 e. The summed E-state index contributed by atoms with van der Waals surface area (Å²) in [4.78, 5) is 54.9. The zero-order valence-electron chi connectivity index (χ0n) is 29.1. The molecule has 4 aromatic rings. The quantitative estimate of drug-likeness (QED) is 0.194. The van der Waals surface area contributed by atoms with Crippen LogP contribution in [0.2, 0.25) is 10.0 Å². The van der Waals surface area contributed by atoms with E-state index in [0.29, 0.717) is 78.1 Å². The summed E-state index contributed by atoms with van der Waals surface area (Å²) in [6, 6.07) is 11.0. The topological polar surface area (TPSA) is 147 Å². The molecule has 3 aromatic heterocycles. The van der Waals surface area contributed by atoms with Gasteiger partial charge in [0.05, 0.1) is 39.9 Å². The zero-order chi connectivity index (χ0) is 36.2. The third-order valence-electron chi connectivity index (χ3n) is 9.27. The first-order valence-corrected chi connectivity index (χ1v) is 17.6. The molecule has 3 amide bonds. The number of halogens is 2. The van der Waals surface area contributed by atoms with E-state index in [9.17, 15) is 14.4 Å². The first-order chi connectivity index (χ1) is 24.5. The van der Waals surface area contributed by atoms with Crippen LogP contribution >= 0.6 is 23.2 Å². The highest BCUT2D eigenvalue weighted by molar-refractivity contribution is 6.39. The summed E-state index contributed by atoms with van der Waals surface area (Å²) < 4.78 is 7.44. The first kappa shape index (κ1) is 36.2. The van der Waals surface area contributed by atoms with Crippen molar-refractivity contribution < 1.29 is 19.1 Å². The number of fused-ring (bicyclic) bond motifs is 1. The fourth-order valence-electron chi connectivity index (χ4n) is 6.41. The maximum atomic E-state index is 13.6. The summed E-state index contributed by atoms with van der Waals surface area (Å²) in [5.74, 6) is 0.491. The van der Waals surface area contributed by atoms with Crippen LogP contribution in [0.25, 0.3) is 22.5 Å². The number of anilines is 1. The number of rotatable bonds is 12. The summed E-state index contributed by atoms with van der Waals surface area (Å²) in [6.07, 6.45) is 4.16. The van der Waals surface area contributed by atoms with E-state index in [2.05, 4.69) is 30.8 Å². The first-order valence-electron chi connectivity index (χ1n) is 16.8. The van der Waals surface area contributed by atoms with Gasteiger partial charge in [-0.25, -0.2) is 9.97 Å². The lowest BCUT2D eigenvalue weighted by Gasteiger charge is -2.26. The Kier molecular flexibility index (Phi) is 11.2. The number of amides is 3. The second kappa shape index (κ2) is 15.8. The Labute approximate surface area is 306 Å². The van der Waals surface area contributed by atoms with Crippen molar-refractivity contribution in [1.82, 2.24) is 40.0 Å². The number of hydrogen-bond donors (Lipinski definition) is 3. The minimum atomic E-state index is -0.396. The second-order valence-electron chi connectivity index (χ2n) is 12.9. The number of nitrogens with one attached hydrogen (secondary N) is 3. The molecular formula is C36H41Cl2N9O4. The Morgan fingerprint density at radius 3 is 2.65 bits per heavy atom. The highest BCUT2D eigenvalue weighted by atomic mass is 35.5. The van der Waals surface area contributed by atoms with Crippen LogP contribution in [-0.2, 0) is 36.1 Å². The molecule has 1 atom stereocenters. The number of pyridine rings is 2. The van der Waals surface area contributed by atoms with Gasteiger partial charge in [-0.3, -0.25) is 24.3 Å². The van der Waals surface area contributed by atoms with Crippen molar-refractivity contribution in [2.75, 3.05) is 46.2 Å². The standard InChI is InChI=1S/C36H41Cl2N9O4/c1-45(2)30(49)14-17-47-16-13-28-27(20-47)42-34(46(28)3)35(50)43-26-7-5-6-24(31(26)37)33-32(38)23(12-15-40-33)25-10-8-21(36(44-25)51-4)18-39-19-22-9-11-29(48)41-22/h5-8,10,12,15,22,39H,9,11,13-14,16-20H2,1-4H3,(H,41,48)(H,43,50). The van der Waals surface area contributed by atoms with Gasteiger partial charge in [0.15, 0.2) is 5.82 Å². The van der Waals surface area contributed by atoms with E-state index in [1.165, 1.54) is 0 Å². The number of ether oxygens (including phenoxy) is 1. The van der Waals surface area contributed by atoms with Crippen molar-refractivity contribution in [2.24, 2.45) is 7.05 Å². The van der Waals surface area contributed by atoms with Crippen LogP contribution in [0.3, 0.4) is 0 Å². The van der Waals surface area contributed by atoms with Crippen molar-refractivity contribution in [1.29, 1.82) is 0 Å². The lowest BCUT2D eigenvalue weighted by Crippen LogP contribution is -2.35. The molecule has 5 heterocycles. The molecule has 15 heteroatoms. The SMILES string of the molecule is COc1nc(-c2ccnc(-c3cccc(NC(=O)c4nc5c(n4C)CCN(CCC(=O)N(C)C)C5)c3Cl)c2Cl)ccc1CNCC1CCC(=O)N1. The van der Waals surface area contributed by atoms with Crippen molar-refractivity contribution in [3.05, 3.63) is 75.4 Å². The number of nitrogens with zero attached hydrogens (tertiary/aromatic N) is 6. The highest BCUT2D eigenvalue weighted by Crippen LogP contribution is 2.40. The van der Waals surface area contributed by atoms with Crippen molar-refractivity contribution >= 4 is 46.6 Å². The highest BCUT2D eigenvalue weighted by Gasteiger charge is 2.27. The second-order valence-corrected chi connectivity index (χ2v) is 13.6. The number of carbonyl (C=O) groups is 3. The Hall–Kier alpha value is -4.56. The van der Waals surface area contributed by atoms with Crippen LogP contribution in [-0.4, -0.2) is 93.9 Å². The van der Waals surface area contributed by atoms with Gasteiger partial charge in [0.1, 0.15) is 0 Å². The molecule has 1 fully saturated rings. The molecule has 0 radical (unpaired) electrons. The van der Waals surface area contributed by atoms with Crippen molar-refractivity contribution in [2.45, 2.75) is 44.8 Å². The lowest BCUT2D eigenvalue weighted by molar-refractivity contribution is -0.129. The van der Waals surface area contributed by atoms with Gasteiger partial charge in [0, 0.05) is 108 Å². The molecule has 0 spiro atoms. The maximum absolute atomic E-state index is 13.6. The molecule has 1 saturated heterocycles. The van der Waals surface area contributed by atoms with E-state index in [4.69, 9.17) is 32.9 Å². The summed E-state index contributed by atoms with van der Waals surface area (Å²) in [5, 5.41) is 9.87. The van der Waals surface area contributed by atoms with Gasteiger partial charge in [-0.1, -0.05) is 41.4 Å². The van der Waals surface area contributed by atoms with E-state index in [1.807, 2.05) is 23.7 Å². The number of carbonyl (C=O) groups excluding carboxylic acids is 3. The predicted molar refractivity (Wildman–Crippen MR) is 196 cm³/mol. The van der Waals surface area contributed by atoms with Gasteiger partial charge < -0.3 is 30.2 Å². The van der Waals surface area contributed by atoms with Crippen LogP contribution < -0.4 is 20.7 Å². The number of imidazole rings is 1. The average molecular weight is 735 g/mol. The number of hydrogen-bond acceptors (Lipinski definition) is 9. The van der Waals surface area contributed by atoms with E-state index in [1.54, 1.807) is 56.6 Å². The van der Waals surface area contributed by atoms with Gasteiger partial charge in [-0.15, -0.1) is 0 Å². The molecule has 0 saturated carbocycles. The molecular weight excluding hydrogens is 693 g/mol. The fraction of sp³-hybridized carbons (Fsp3) is 0.389. The van der Waals surface area contributed by atoms with Crippen molar-refractivity contribution in [3.63, 3.8) is 0 Å².